The maximum atomic E-state index is 6.02. The van der Waals surface area contributed by atoms with E-state index in [1.807, 2.05) is 0 Å². The molecule has 19 heavy (non-hydrogen) atoms. The second-order valence-electron chi connectivity index (χ2n) is 5.49. The van der Waals surface area contributed by atoms with Crippen LogP contribution in [0.5, 0.6) is 0 Å². The van der Waals surface area contributed by atoms with E-state index < -0.39 is 0 Å². The number of hydrogen-bond donors (Lipinski definition) is 1. The quantitative estimate of drug-likeness (QED) is 0.879. The molecule has 1 fully saturated rings. The highest BCUT2D eigenvalue weighted by Gasteiger charge is 2.32. The van der Waals surface area contributed by atoms with Crippen LogP contribution >= 0.6 is 0 Å². The Hall–Kier alpha value is -1.55. The number of ether oxygens (including phenoxy) is 1. The number of methoxy groups -OCH3 is 1. The summed E-state index contributed by atoms with van der Waals surface area (Å²) in [4.78, 5) is 6.68. The van der Waals surface area contributed by atoms with Gasteiger partial charge in [-0.3, -0.25) is 4.99 Å². The first-order chi connectivity index (χ1) is 9.28. The van der Waals surface area contributed by atoms with E-state index in [1.165, 1.54) is 24.0 Å². The molecule has 1 aliphatic carbocycles. The smallest absolute Gasteiger partial charge is 0.191 e. The van der Waals surface area contributed by atoms with Crippen LogP contribution in [0.1, 0.15) is 30.0 Å². The van der Waals surface area contributed by atoms with E-state index in [-0.39, 0.29) is 0 Å². The third-order valence-corrected chi connectivity index (χ3v) is 3.92. The average Bonchev–Trinajstić information content (AvgIpc) is 3.16. The summed E-state index contributed by atoms with van der Waals surface area (Å²) in [5.41, 5.74) is 8.51. The van der Waals surface area contributed by atoms with Crippen LogP contribution in [0, 0.1) is 5.92 Å². The molecule has 1 saturated carbocycles. The minimum absolute atomic E-state index is 0.317. The molecule has 0 radical (unpaired) electrons. The van der Waals surface area contributed by atoms with Crippen molar-refractivity contribution in [1.29, 1.82) is 0 Å². The second-order valence-corrected chi connectivity index (χ2v) is 5.49. The molecule has 1 unspecified atom stereocenters. The number of nitrogens with two attached hydrogens (primary N) is 1. The fourth-order valence-electron chi connectivity index (χ4n) is 2.62. The Balaban J connectivity index is 1.73. The third-order valence-electron chi connectivity index (χ3n) is 3.92. The summed E-state index contributed by atoms with van der Waals surface area (Å²) in [5.74, 6) is 1.53. The largest absolute Gasteiger partial charge is 0.380 e. The molecule has 4 heteroatoms. The number of guanidine groups is 1. The summed E-state index contributed by atoms with van der Waals surface area (Å²) in [5, 5.41) is 0. The van der Waals surface area contributed by atoms with Crippen molar-refractivity contribution in [1.82, 2.24) is 4.90 Å². The van der Waals surface area contributed by atoms with E-state index >= 15 is 0 Å². The van der Waals surface area contributed by atoms with Gasteiger partial charge in [0.2, 0.25) is 0 Å². The Morgan fingerprint density at radius 3 is 2.68 bits per heavy atom. The lowest BCUT2D eigenvalue weighted by atomic mass is 10.0. The lowest BCUT2D eigenvalue weighted by molar-refractivity contribution is 0.185. The van der Waals surface area contributed by atoms with Crippen molar-refractivity contribution >= 4 is 5.96 Å². The molecule has 1 aliphatic heterocycles. The first-order valence-electron chi connectivity index (χ1n) is 6.92. The summed E-state index contributed by atoms with van der Waals surface area (Å²) in [6.07, 6.45) is 2.67. The van der Waals surface area contributed by atoms with Crippen LogP contribution in [0.2, 0.25) is 0 Å². The van der Waals surface area contributed by atoms with Gasteiger partial charge in [-0.25, -0.2) is 0 Å². The molecule has 0 bridgehead atoms. The number of benzene rings is 1. The van der Waals surface area contributed by atoms with Gasteiger partial charge < -0.3 is 15.4 Å². The normalized spacial score (nSPS) is 22.7. The Bertz CT molecular complexity index is 465. The maximum Gasteiger partial charge on any atom is 0.191 e. The highest BCUT2D eigenvalue weighted by molar-refractivity contribution is 5.80. The molecule has 2 N–H and O–H groups in total. The van der Waals surface area contributed by atoms with Gasteiger partial charge in [0.05, 0.1) is 19.2 Å². The predicted octanol–water partition coefficient (Wildman–Crippen LogP) is 1.91. The van der Waals surface area contributed by atoms with E-state index in [0.29, 0.717) is 18.6 Å². The molecule has 102 valence electrons. The molecule has 0 amide bonds. The van der Waals surface area contributed by atoms with E-state index in [1.54, 1.807) is 7.11 Å². The minimum atomic E-state index is 0.317. The minimum Gasteiger partial charge on any atom is -0.380 e. The van der Waals surface area contributed by atoms with Crippen LogP contribution in [-0.4, -0.2) is 31.1 Å². The Labute approximate surface area is 114 Å². The fraction of sp³-hybridized carbons (Fsp3) is 0.533. The van der Waals surface area contributed by atoms with Gasteiger partial charge in [0.1, 0.15) is 0 Å². The van der Waals surface area contributed by atoms with Crippen LogP contribution in [0.15, 0.2) is 29.3 Å². The molecule has 0 spiro atoms. The monoisotopic (exact) mass is 259 g/mol. The highest BCUT2D eigenvalue weighted by atomic mass is 16.5. The average molecular weight is 259 g/mol. The van der Waals surface area contributed by atoms with Crippen molar-refractivity contribution in [3.8, 4) is 0 Å². The van der Waals surface area contributed by atoms with Crippen LogP contribution < -0.4 is 5.73 Å². The third kappa shape index (κ3) is 2.73. The molecule has 4 nitrogen and oxygen atoms in total. The van der Waals surface area contributed by atoms with Gasteiger partial charge in [-0.05, 0) is 29.9 Å². The summed E-state index contributed by atoms with van der Waals surface area (Å²) in [7, 11) is 1.72. The SMILES string of the molecule is COCc1ccc(C2CN=C(N)N2CC2CC2)cc1. The van der Waals surface area contributed by atoms with Crippen molar-refractivity contribution < 1.29 is 4.74 Å². The van der Waals surface area contributed by atoms with Crippen molar-refractivity contribution in [3.05, 3.63) is 35.4 Å². The molecule has 2 aliphatic rings. The first-order valence-corrected chi connectivity index (χ1v) is 6.92. The fourth-order valence-corrected chi connectivity index (χ4v) is 2.62. The van der Waals surface area contributed by atoms with E-state index in [4.69, 9.17) is 10.5 Å². The van der Waals surface area contributed by atoms with Gasteiger partial charge in [0.15, 0.2) is 5.96 Å². The molecular weight excluding hydrogens is 238 g/mol. The zero-order valence-electron chi connectivity index (χ0n) is 11.4. The number of rotatable bonds is 5. The lowest BCUT2D eigenvalue weighted by Crippen LogP contribution is -2.37. The van der Waals surface area contributed by atoms with Crippen molar-refractivity contribution in [3.63, 3.8) is 0 Å². The molecule has 0 aromatic heterocycles. The molecule has 0 saturated heterocycles. The summed E-state index contributed by atoms with van der Waals surface area (Å²) in [6, 6.07) is 8.92. The van der Waals surface area contributed by atoms with E-state index in [9.17, 15) is 0 Å². The summed E-state index contributed by atoms with van der Waals surface area (Å²) < 4.78 is 5.14. The number of hydrogen-bond acceptors (Lipinski definition) is 4. The molecular formula is C15H21N3O. The van der Waals surface area contributed by atoms with E-state index in [2.05, 4.69) is 34.2 Å². The first kappa shape index (κ1) is 12.5. The summed E-state index contributed by atoms with van der Waals surface area (Å²) in [6.45, 7) is 2.50. The zero-order valence-corrected chi connectivity index (χ0v) is 11.4. The second kappa shape index (κ2) is 5.21. The molecule has 3 rings (SSSR count). The van der Waals surface area contributed by atoms with Crippen molar-refractivity contribution in [2.24, 2.45) is 16.6 Å². The number of aliphatic imine (C=N–C) groups is 1. The van der Waals surface area contributed by atoms with E-state index in [0.717, 1.165) is 19.0 Å². The van der Waals surface area contributed by atoms with Gasteiger partial charge in [-0.15, -0.1) is 0 Å². The Kier molecular flexibility index (Phi) is 3.42. The molecule has 1 atom stereocenters. The molecule has 1 aromatic rings. The predicted molar refractivity (Wildman–Crippen MR) is 75.8 cm³/mol. The van der Waals surface area contributed by atoms with Crippen LogP contribution in [0.25, 0.3) is 0 Å². The van der Waals surface area contributed by atoms with Crippen LogP contribution in [-0.2, 0) is 11.3 Å². The van der Waals surface area contributed by atoms with Gasteiger partial charge in [0.25, 0.3) is 0 Å². The van der Waals surface area contributed by atoms with Crippen molar-refractivity contribution in [2.45, 2.75) is 25.5 Å². The van der Waals surface area contributed by atoms with Crippen LogP contribution in [0.4, 0.5) is 0 Å². The Morgan fingerprint density at radius 1 is 1.32 bits per heavy atom. The van der Waals surface area contributed by atoms with Gasteiger partial charge >= 0.3 is 0 Å². The zero-order chi connectivity index (χ0) is 13.2. The molecule has 1 aromatic carbocycles. The number of nitrogens with zero attached hydrogens (tertiary/aromatic N) is 2. The lowest BCUT2D eigenvalue weighted by Gasteiger charge is -2.26. The molecule has 1 heterocycles. The van der Waals surface area contributed by atoms with Gasteiger partial charge in [-0.2, -0.15) is 0 Å². The topological polar surface area (TPSA) is 50.9 Å². The summed E-state index contributed by atoms with van der Waals surface area (Å²) >= 11 is 0. The standard InChI is InChI=1S/C15H21N3O/c1-19-10-12-4-6-13(7-5-12)14-8-17-15(16)18(14)9-11-2-3-11/h4-7,11,14H,2-3,8-10H2,1H3,(H2,16,17). The highest BCUT2D eigenvalue weighted by Crippen LogP contribution is 2.34. The van der Waals surface area contributed by atoms with Crippen molar-refractivity contribution in [2.75, 3.05) is 20.2 Å². The van der Waals surface area contributed by atoms with Gasteiger partial charge in [0, 0.05) is 13.7 Å². The van der Waals surface area contributed by atoms with Gasteiger partial charge in [-0.1, -0.05) is 24.3 Å². The Morgan fingerprint density at radius 2 is 2.05 bits per heavy atom. The van der Waals surface area contributed by atoms with Crippen LogP contribution in [0.3, 0.4) is 0 Å². The maximum absolute atomic E-state index is 6.02.